The van der Waals surface area contributed by atoms with Gasteiger partial charge < -0.3 is 37.8 Å². The highest BCUT2D eigenvalue weighted by Gasteiger charge is 2.39. The Morgan fingerprint density at radius 1 is 1.23 bits per heavy atom. The summed E-state index contributed by atoms with van der Waals surface area (Å²) in [6.07, 6.45) is 1.89. The first-order chi connectivity index (χ1) is 14.0. The van der Waals surface area contributed by atoms with Crippen molar-refractivity contribution in [1.82, 2.24) is 15.5 Å². The normalized spacial score (nSPS) is 17.9. The molecule has 0 radical (unpaired) electrons. The third kappa shape index (κ3) is 7.85. The van der Waals surface area contributed by atoms with Crippen molar-refractivity contribution in [1.29, 1.82) is 0 Å². The van der Waals surface area contributed by atoms with E-state index < -0.39 is 42.5 Å². The van der Waals surface area contributed by atoms with Crippen molar-refractivity contribution >= 4 is 29.7 Å². The van der Waals surface area contributed by atoms with Crippen molar-refractivity contribution in [2.45, 2.75) is 57.7 Å². The van der Waals surface area contributed by atoms with Gasteiger partial charge in [0.05, 0.1) is 6.04 Å². The average Bonchev–Trinajstić information content (AvgIpc) is 3.16. The molecule has 170 valence electrons. The highest BCUT2D eigenvalue weighted by atomic mass is 16.4. The summed E-state index contributed by atoms with van der Waals surface area (Å²) < 4.78 is 0. The van der Waals surface area contributed by atoms with Gasteiger partial charge in [-0.2, -0.15) is 0 Å². The number of aliphatic imine (C=N–C) groups is 1. The molecule has 3 unspecified atom stereocenters. The fourth-order valence-corrected chi connectivity index (χ4v) is 3.19. The van der Waals surface area contributed by atoms with Gasteiger partial charge in [0.25, 0.3) is 0 Å². The lowest BCUT2D eigenvalue weighted by atomic mass is 10.0. The van der Waals surface area contributed by atoms with Crippen LogP contribution in [0.15, 0.2) is 4.99 Å². The number of rotatable bonds is 11. The van der Waals surface area contributed by atoms with Gasteiger partial charge in [-0.25, -0.2) is 0 Å². The van der Waals surface area contributed by atoms with E-state index in [-0.39, 0.29) is 17.8 Å². The summed E-state index contributed by atoms with van der Waals surface area (Å²) in [5.41, 5.74) is 16.4. The molecule has 30 heavy (non-hydrogen) atoms. The Morgan fingerprint density at radius 2 is 1.90 bits per heavy atom. The first-order valence-corrected chi connectivity index (χ1v) is 9.95. The van der Waals surface area contributed by atoms with E-state index in [0.29, 0.717) is 38.8 Å². The molecular weight excluding hydrogens is 394 g/mol. The van der Waals surface area contributed by atoms with Gasteiger partial charge in [0.2, 0.25) is 17.7 Å². The van der Waals surface area contributed by atoms with Gasteiger partial charge in [-0.3, -0.25) is 24.2 Å². The van der Waals surface area contributed by atoms with Crippen molar-refractivity contribution in [2.24, 2.45) is 28.1 Å². The van der Waals surface area contributed by atoms with E-state index in [2.05, 4.69) is 15.6 Å². The van der Waals surface area contributed by atoms with Gasteiger partial charge in [-0.15, -0.1) is 0 Å². The van der Waals surface area contributed by atoms with Crippen LogP contribution in [0, 0.1) is 5.92 Å². The Morgan fingerprint density at radius 3 is 2.47 bits per heavy atom. The zero-order chi connectivity index (χ0) is 22.8. The molecule has 0 bridgehead atoms. The number of nitrogens with zero attached hydrogens (tertiary/aromatic N) is 2. The number of carboxylic acid groups (broad SMARTS) is 1. The number of likely N-dealkylation sites (tertiary alicyclic amines) is 1. The van der Waals surface area contributed by atoms with Crippen LogP contribution in [0.2, 0.25) is 0 Å². The van der Waals surface area contributed by atoms with Crippen molar-refractivity contribution in [3.05, 3.63) is 0 Å². The number of carbonyl (C=O) groups excluding carboxylic acids is 3. The first kappa shape index (κ1) is 25.1. The molecule has 1 aliphatic rings. The van der Waals surface area contributed by atoms with Crippen molar-refractivity contribution in [2.75, 3.05) is 19.6 Å². The van der Waals surface area contributed by atoms with E-state index in [0.717, 1.165) is 0 Å². The first-order valence-electron chi connectivity index (χ1n) is 9.95. The highest BCUT2D eigenvalue weighted by molar-refractivity contribution is 5.94. The van der Waals surface area contributed by atoms with E-state index >= 15 is 0 Å². The van der Waals surface area contributed by atoms with E-state index in [9.17, 15) is 19.2 Å². The SMILES string of the molecule is CC(C)C(NC(=O)C(N)CCCN=C(N)N)C(=O)N1CCCC1C(=O)NCC(=O)O. The Labute approximate surface area is 175 Å². The molecule has 0 aromatic heterocycles. The van der Waals surface area contributed by atoms with E-state index in [1.54, 1.807) is 13.8 Å². The number of aliphatic carboxylic acids is 1. The minimum atomic E-state index is -1.17. The number of carbonyl (C=O) groups is 4. The van der Waals surface area contributed by atoms with Crippen LogP contribution >= 0.6 is 0 Å². The lowest BCUT2D eigenvalue weighted by molar-refractivity contribution is -0.143. The zero-order valence-corrected chi connectivity index (χ0v) is 17.5. The largest absolute Gasteiger partial charge is 0.480 e. The summed E-state index contributed by atoms with van der Waals surface area (Å²) >= 11 is 0. The Balaban J connectivity index is 2.72. The van der Waals surface area contributed by atoms with E-state index in [1.807, 2.05) is 0 Å². The molecule has 0 aliphatic carbocycles. The molecule has 12 nitrogen and oxygen atoms in total. The lowest BCUT2D eigenvalue weighted by Crippen LogP contribution is -2.57. The van der Waals surface area contributed by atoms with E-state index in [1.165, 1.54) is 4.90 Å². The standard InChI is InChI=1S/C18H33N7O5/c1-10(2)14(24-15(28)11(19)5-3-7-22-18(20)21)17(30)25-8-4-6-12(25)16(29)23-9-13(26)27/h10-12,14H,3-9,19H2,1-2H3,(H,23,29)(H,24,28)(H,26,27)(H4,20,21,22). The molecule has 1 aliphatic heterocycles. The van der Waals surface area contributed by atoms with Gasteiger partial charge in [0.1, 0.15) is 18.6 Å². The molecule has 0 aromatic rings. The maximum Gasteiger partial charge on any atom is 0.322 e. The molecule has 1 saturated heterocycles. The molecular formula is C18H33N7O5. The number of amides is 3. The minimum Gasteiger partial charge on any atom is -0.480 e. The van der Waals surface area contributed by atoms with Gasteiger partial charge in [-0.05, 0) is 31.6 Å². The van der Waals surface area contributed by atoms with Gasteiger partial charge in [0, 0.05) is 13.1 Å². The van der Waals surface area contributed by atoms with Crippen LogP contribution in [0.25, 0.3) is 0 Å². The summed E-state index contributed by atoms with van der Waals surface area (Å²) in [6, 6.07) is -2.45. The number of carboxylic acids is 1. The summed E-state index contributed by atoms with van der Waals surface area (Å²) in [4.78, 5) is 53.7. The molecule has 1 fully saturated rings. The molecule has 9 N–H and O–H groups in total. The van der Waals surface area contributed by atoms with Gasteiger partial charge in [0.15, 0.2) is 5.96 Å². The fourth-order valence-electron chi connectivity index (χ4n) is 3.19. The van der Waals surface area contributed by atoms with Crippen LogP contribution in [-0.2, 0) is 19.2 Å². The monoisotopic (exact) mass is 427 g/mol. The third-order valence-corrected chi connectivity index (χ3v) is 4.79. The van der Waals surface area contributed by atoms with Crippen LogP contribution in [0.4, 0.5) is 0 Å². The quantitative estimate of drug-likeness (QED) is 0.120. The van der Waals surface area contributed by atoms with Crippen molar-refractivity contribution in [3.8, 4) is 0 Å². The Kier molecular flexibility index (Phi) is 10.0. The predicted octanol–water partition coefficient (Wildman–Crippen LogP) is -2.30. The average molecular weight is 428 g/mol. The smallest absolute Gasteiger partial charge is 0.322 e. The second-order valence-electron chi connectivity index (χ2n) is 7.59. The van der Waals surface area contributed by atoms with Crippen LogP contribution < -0.4 is 27.8 Å². The molecule has 0 spiro atoms. The zero-order valence-electron chi connectivity index (χ0n) is 17.5. The maximum absolute atomic E-state index is 13.1. The summed E-state index contributed by atoms with van der Waals surface area (Å²) in [7, 11) is 0. The Hall–Kier alpha value is -2.89. The van der Waals surface area contributed by atoms with Gasteiger partial charge in [-0.1, -0.05) is 13.8 Å². The summed E-state index contributed by atoms with van der Waals surface area (Å²) in [5.74, 6) is -2.82. The van der Waals surface area contributed by atoms with Crippen LogP contribution in [-0.4, -0.2) is 77.4 Å². The topological polar surface area (TPSA) is 206 Å². The third-order valence-electron chi connectivity index (χ3n) is 4.79. The van der Waals surface area contributed by atoms with Crippen LogP contribution in [0.5, 0.6) is 0 Å². The molecule has 3 amide bonds. The maximum atomic E-state index is 13.1. The predicted molar refractivity (Wildman–Crippen MR) is 110 cm³/mol. The van der Waals surface area contributed by atoms with Crippen molar-refractivity contribution in [3.63, 3.8) is 0 Å². The fraction of sp³-hybridized carbons (Fsp3) is 0.722. The van der Waals surface area contributed by atoms with E-state index in [4.69, 9.17) is 22.3 Å². The molecule has 1 rings (SSSR count). The Bertz CT molecular complexity index is 663. The lowest BCUT2D eigenvalue weighted by Gasteiger charge is -2.31. The number of hydrogen-bond donors (Lipinski definition) is 6. The molecule has 3 atom stereocenters. The molecule has 0 saturated carbocycles. The van der Waals surface area contributed by atoms with Crippen molar-refractivity contribution < 1.29 is 24.3 Å². The molecule has 1 heterocycles. The van der Waals surface area contributed by atoms with Crippen LogP contribution in [0.1, 0.15) is 39.5 Å². The number of nitrogens with one attached hydrogen (secondary N) is 2. The summed E-state index contributed by atoms with van der Waals surface area (Å²) in [6.45, 7) is 3.74. The summed E-state index contributed by atoms with van der Waals surface area (Å²) in [5, 5.41) is 13.7. The number of hydrogen-bond acceptors (Lipinski definition) is 6. The minimum absolute atomic E-state index is 0.0361. The van der Waals surface area contributed by atoms with Crippen LogP contribution in [0.3, 0.4) is 0 Å². The second kappa shape index (κ2) is 12.0. The second-order valence-corrected chi connectivity index (χ2v) is 7.59. The molecule has 12 heteroatoms. The number of guanidine groups is 1. The van der Waals surface area contributed by atoms with Gasteiger partial charge >= 0.3 is 5.97 Å². The molecule has 0 aromatic carbocycles. The number of nitrogens with two attached hydrogens (primary N) is 3. The highest BCUT2D eigenvalue weighted by Crippen LogP contribution is 2.20.